The zero-order valence-electron chi connectivity index (χ0n) is 16.3. The summed E-state index contributed by atoms with van der Waals surface area (Å²) in [7, 11) is 0. The van der Waals surface area contributed by atoms with Gasteiger partial charge in [0.2, 0.25) is 5.82 Å². The SMILES string of the molecule is N#Cc1ccc(CSCC(=O)O)cc1.O=C(O)CSCc1ccc(-c2nn[nH]n2)cc1. The Bertz CT molecular complexity index is 1000. The van der Waals surface area contributed by atoms with Crippen LogP contribution in [-0.4, -0.2) is 54.3 Å². The molecule has 0 spiro atoms. The molecule has 0 bridgehead atoms. The Labute approximate surface area is 186 Å². The summed E-state index contributed by atoms with van der Waals surface area (Å²) in [5.74, 6) is 0.528. The normalized spacial score (nSPS) is 9.90. The summed E-state index contributed by atoms with van der Waals surface area (Å²) in [4.78, 5) is 20.6. The summed E-state index contributed by atoms with van der Waals surface area (Å²) < 4.78 is 0. The van der Waals surface area contributed by atoms with Gasteiger partial charge in [0.25, 0.3) is 0 Å². The van der Waals surface area contributed by atoms with E-state index in [-0.39, 0.29) is 11.5 Å². The molecule has 0 atom stereocenters. The maximum absolute atomic E-state index is 10.4. The lowest BCUT2D eigenvalue weighted by molar-refractivity contribution is -0.134. The molecule has 0 unspecified atom stereocenters. The van der Waals surface area contributed by atoms with Crippen LogP contribution in [0.3, 0.4) is 0 Å². The van der Waals surface area contributed by atoms with Crippen molar-refractivity contribution in [3.05, 3.63) is 65.2 Å². The van der Waals surface area contributed by atoms with Gasteiger partial charge in [0.1, 0.15) is 0 Å². The molecule has 1 heterocycles. The van der Waals surface area contributed by atoms with E-state index >= 15 is 0 Å². The van der Waals surface area contributed by atoms with Gasteiger partial charge >= 0.3 is 11.9 Å². The highest BCUT2D eigenvalue weighted by Gasteiger charge is 2.03. The Hall–Kier alpha value is -3.36. The van der Waals surface area contributed by atoms with Crippen molar-refractivity contribution in [2.24, 2.45) is 0 Å². The third kappa shape index (κ3) is 9.33. The van der Waals surface area contributed by atoms with Crippen molar-refractivity contribution in [2.75, 3.05) is 11.5 Å². The summed E-state index contributed by atoms with van der Waals surface area (Å²) in [5.41, 5.74) is 3.61. The quantitative estimate of drug-likeness (QED) is 0.437. The monoisotopic (exact) mass is 457 g/mol. The van der Waals surface area contributed by atoms with Gasteiger partial charge in [-0.3, -0.25) is 9.59 Å². The summed E-state index contributed by atoms with van der Waals surface area (Å²) in [5, 5.41) is 39.1. The minimum atomic E-state index is -0.802. The molecule has 0 aliphatic carbocycles. The number of rotatable bonds is 9. The molecule has 11 heteroatoms. The first-order chi connectivity index (χ1) is 15.0. The van der Waals surface area contributed by atoms with Crippen LogP contribution in [0.1, 0.15) is 16.7 Å². The lowest BCUT2D eigenvalue weighted by Gasteiger charge is -2.00. The van der Waals surface area contributed by atoms with Crippen LogP contribution >= 0.6 is 23.5 Å². The number of aliphatic carboxylic acids is 2. The molecule has 3 aromatic rings. The molecule has 0 radical (unpaired) electrons. The van der Waals surface area contributed by atoms with Crippen LogP contribution in [0.4, 0.5) is 0 Å². The average Bonchev–Trinajstić information content (AvgIpc) is 3.30. The van der Waals surface area contributed by atoms with Crippen LogP contribution in [0.5, 0.6) is 0 Å². The van der Waals surface area contributed by atoms with Crippen molar-refractivity contribution in [3.63, 3.8) is 0 Å². The van der Waals surface area contributed by atoms with E-state index in [9.17, 15) is 9.59 Å². The van der Waals surface area contributed by atoms with E-state index in [1.807, 2.05) is 42.5 Å². The first kappa shape index (κ1) is 23.9. The molecule has 31 heavy (non-hydrogen) atoms. The first-order valence-corrected chi connectivity index (χ1v) is 11.2. The molecule has 0 saturated carbocycles. The molecule has 0 aliphatic heterocycles. The Kier molecular flexibility index (Phi) is 10.1. The van der Waals surface area contributed by atoms with Crippen LogP contribution in [0.25, 0.3) is 11.4 Å². The molecular formula is C20H19N5O4S2. The van der Waals surface area contributed by atoms with E-state index in [2.05, 4.69) is 20.6 Å². The van der Waals surface area contributed by atoms with Crippen molar-refractivity contribution >= 4 is 35.5 Å². The highest BCUT2D eigenvalue weighted by molar-refractivity contribution is 7.99. The topological polar surface area (TPSA) is 153 Å². The number of H-pyrrole nitrogens is 1. The number of carboxylic acid groups (broad SMARTS) is 2. The van der Waals surface area contributed by atoms with Gasteiger partial charge in [0, 0.05) is 17.1 Å². The minimum absolute atomic E-state index is 0.111. The number of nitriles is 1. The van der Waals surface area contributed by atoms with Crippen LogP contribution in [0.15, 0.2) is 48.5 Å². The first-order valence-electron chi connectivity index (χ1n) is 8.89. The fraction of sp³-hybridized carbons (Fsp3) is 0.200. The summed E-state index contributed by atoms with van der Waals surface area (Å²) in [6.07, 6.45) is 0. The second-order valence-corrected chi connectivity index (χ2v) is 7.99. The lowest BCUT2D eigenvalue weighted by atomic mass is 10.1. The van der Waals surface area contributed by atoms with Crippen LogP contribution in [0.2, 0.25) is 0 Å². The largest absolute Gasteiger partial charge is 0.481 e. The molecule has 160 valence electrons. The van der Waals surface area contributed by atoms with Gasteiger partial charge in [-0.15, -0.1) is 33.7 Å². The number of hydrogen-bond acceptors (Lipinski definition) is 8. The second-order valence-electron chi connectivity index (χ2n) is 6.01. The summed E-state index contributed by atoms with van der Waals surface area (Å²) in [6.45, 7) is 0. The number of carboxylic acids is 2. The minimum Gasteiger partial charge on any atom is -0.481 e. The number of nitrogens with one attached hydrogen (secondary N) is 1. The van der Waals surface area contributed by atoms with Crippen molar-refractivity contribution < 1.29 is 19.8 Å². The highest BCUT2D eigenvalue weighted by Crippen LogP contribution is 2.17. The van der Waals surface area contributed by atoms with E-state index in [1.165, 1.54) is 23.5 Å². The maximum atomic E-state index is 10.4. The zero-order chi connectivity index (χ0) is 22.5. The van der Waals surface area contributed by atoms with Gasteiger partial charge in [0.15, 0.2) is 0 Å². The van der Waals surface area contributed by atoms with E-state index in [0.29, 0.717) is 22.9 Å². The Balaban J connectivity index is 0.000000225. The molecule has 2 aromatic carbocycles. The van der Waals surface area contributed by atoms with Gasteiger partial charge in [-0.25, -0.2) is 0 Å². The van der Waals surface area contributed by atoms with E-state index in [0.717, 1.165) is 16.7 Å². The smallest absolute Gasteiger partial charge is 0.313 e. The fourth-order valence-corrected chi connectivity index (χ4v) is 3.63. The second kappa shape index (κ2) is 13.0. The van der Waals surface area contributed by atoms with Gasteiger partial charge in [-0.2, -0.15) is 10.5 Å². The van der Waals surface area contributed by atoms with E-state index in [1.54, 1.807) is 12.1 Å². The molecule has 3 N–H and O–H groups in total. The standard InChI is InChI=1S/C10H10N4O2S.C10H9NO2S/c15-9(16)6-17-5-7-1-3-8(4-2-7)10-11-13-14-12-10;11-5-8-1-3-9(4-2-8)6-14-7-10(12)13/h1-4H,5-6H2,(H,15,16)(H,11,12,13,14);1-4H,6-7H2,(H,12,13). The van der Waals surface area contributed by atoms with Crippen molar-refractivity contribution in [1.29, 1.82) is 5.26 Å². The molecule has 0 amide bonds. The third-order valence-electron chi connectivity index (χ3n) is 3.63. The molecule has 3 rings (SSSR count). The Morgan fingerprint density at radius 3 is 1.84 bits per heavy atom. The Morgan fingerprint density at radius 2 is 1.42 bits per heavy atom. The maximum Gasteiger partial charge on any atom is 0.313 e. The van der Waals surface area contributed by atoms with Gasteiger partial charge in [-0.05, 0) is 28.5 Å². The number of carbonyl (C=O) groups is 2. The number of thioether (sulfide) groups is 2. The van der Waals surface area contributed by atoms with Crippen LogP contribution in [0, 0.1) is 11.3 Å². The molecule has 0 fully saturated rings. The number of aromatic nitrogens is 4. The van der Waals surface area contributed by atoms with Crippen molar-refractivity contribution in [3.8, 4) is 17.5 Å². The number of benzene rings is 2. The predicted molar refractivity (Wildman–Crippen MR) is 118 cm³/mol. The average molecular weight is 458 g/mol. The van der Waals surface area contributed by atoms with Crippen molar-refractivity contribution in [2.45, 2.75) is 11.5 Å². The summed E-state index contributed by atoms with van der Waals surface area (Å²) in [6, 6.07) is 16.8. The van der Waals surface area contributed by atoms with Gasteiger partial charge in [0.05, 0.1) is 23.1 Å². The lowest BCUT2D eigenvalue weighted by Crippen LogP contribution is -1.98. The zero-order valence-corrected chi connectivity index (χ0v) is 17.9. The molecule has 0 aliphatic rings. The summed E-state index contributed by atoms with van der Waals surface area (Å²) >= 11 is 2.71. The molecular weight excluding hydrogens is 438 g/mol. The van der Waals surface area contributed by atoms with E-state index < -0.39 is 11.9 Å². The number of aromatic amines is 1. The van der Waals surface area contributed by atoms with Crippen LogP contribution < -0.4 is 0 Å². The fourth-order valence-electron chi connectivity index (χ4n) is 2.22. The number of nitrogens with zero attached hydrogens (tertiary/aromatic N) is 4. The molecule has 1 aromatic heterocycles. The van der Waals surface area contributed by atoms with Crippen molar-refractivity contribution in [1.82, 2.24) is 20.6 Å². The molecule has 9 nitrogen and oxygen atoms in total. The van der Waals surface area contributed by atoms with E-state index in [4.69, 9.17) is 15.5 Å². The van der Waals surface area contributed by atoms with Gasteiger partial charge in [-0.1, -0.05) is 36.4 Å². The predicted octanol–water partition coefficient (Wildman–Crippen LogP) is 3.06. The number of hydrogen-bond donors (Lipinski definition) is 3. The van der Waals surface area contributed by atoms with Crippen LogP contribution in [-0.2, 0) is 21.1 Å². The third-order valence-corrected chi connectivity index (χ3v) is 5.61. The van der Waals surface area contributed by atoms with Gasteiger partial charge < -0.3 is 10.2 Å². The Morgan fingerprint density at radius 1 is 0.903 bits per heavy atom. The number of tetrazole rings is 1. The molecule has 0 saturated heterocycles. The highest BCUT2D eigenvalue weighted by atomic mass is 32.2.